The Bertz CT molecular complexity index is 359. The molecule has 64 valence electrons. The summed E-state index contributed by atoms with van der Waals surface area (Å²) < 4.78 is 56.4. The van der Waals surface area contributed by atoms with Gasteiger partial charge in [-0.25, -0.2) is 0 Å². The van der Waals surface area contributed by atoms with Crippen LogP contribution in [0.5, 0.6) is 0 Å². The molecule has 0 heterocycles. The van der Waals surface area contributed by atoms with Crippen molar-refractivity contribution in [2.75, 3.05) is 13.0 Å². The molecule has 0 aromatic rings. The van der Waals surface area contributed by atoms with Gasteiger partial charge in [0.2, 0.25) is 0 Å². The summed E-state index contributed by atoms with van der Waals surface area (Å²) in [6.07, 6.45) is -7.20. The van der Waals surface area contributed by atoms with Gasteiger partial charge >= 0.3 is 11.9 Å². The van der Waals surface area contributed by atoms with Gasteiger partial charge in [-0.2, -0.15) is 0 Å². The summed E-state index contributed by atoms with van der Waals surface area (Å²) in [4.78, 5) is 21.1. The van der Waals surface area contributed by atoms with Crippen LogP contribution in [0.2, 0.25) is 0 Å². The van der Waals surface area contributed by atoms with E-state index in [2.05, 4.69) is 0 Å². The first-order valence-electron chi connectivity index (χ1n) is 6.36. The monoisotopic (exact) mass is 169 g/mol. The first-order chi connectivity index (χ1) is 8.09. The van der Waals surface area contributed by atoms with E-state index in [1.165, 1.54) is 0 Å². The molecule has 0 aromatic heterocycles. The van der Waals surface area contributed by atoms with E-state index in [1.807, 2.05) is 0 Å². The second-order valence-corrected chi connectivity index (χ2v) is 1.24. The minimum absolute atomic E-state index is 1.13. The molecule has 0 saturated heterocycles. The fraction of sp³-hybridized carbons (Fsp3) is 0.667. The lowest BCUT2D eigenvalue weighted by atomic mass is 10.4. The van der Waals surface area contributed by atoms with Crippen LogP contribution in [0.25, 0.3) is 0 Å². The first-order valence-corrected chi connectivity index (χ1v) is 2.36. The van der Waals surface area contributed by atoms with Gasteiger partial charge in [-0.15, -0.1) is 0 Å². The van der Waals surface area contributed by atoms with Crippen molar-refractivity contribution < 1.29 is 30.8 Å². The molecular formula is C6H11NO4. The number of aliphatic carboxylic acids is 2. The lowest BCUT2D eigenvalue weighted by molar-refractivity contribution is -0.137. The van der Waals surface area contributed by atoms with Crippen molar-refractivity contribution in [2.24, 2.45) is 0 Å². The van der Waals surface area contributed by atoms with Gasteiger partial charge in [0, 0.05) is 24.0 Å². The van der Waals surface area contributed by atoms with E-state index < -0.39 is 37.7 Å². The smallest absolute Gasteiger partial charge is 0.304 e. The van der Waals surface area contributed by atoms with Crippen molar-refractivity contribution in [3.8, 4) is 0 Å². The largest absolute Gasteiger partial charge is 0.481 e. The highest BCUT2D eigenvalue weighted by Gasteiger charge is 1.97. The number of hydrogen-bond donors (Lipinski definition) is 3. The van der Waals surface area contributed by atoms with E-state index in [0.717, 1.165) is 5.32 Å². The van der Waals surface area contributed by atoms with Crippen LogP contribution in [-0.4, -0.2) is 35.1 Å². The Morgan fingerprint density at radius 3 is 1.82 bits per heavy atom. The lowest BCUT2D eigenvalue weighted by Crippen LogP contribution is -2.21. The SMILES string of the molecule is [2H]C([2H])(NC([2H])([2H])C([2H])([2H])C(=O)O)C([2H])([2H])C(=O)O. The fourth-order valence-corrected chi connectivity index (χ4v) is 0.201. The first kappa shape index (κ1) is 2.75. The third kappa shape index (κ3) is 8.90. The Morgan fingerprint density at radius 1 is 1.18 bits per heavy atom. The molecule has 0 amide bonds. The standard InChI is InChI=1S/C6H11NO4/c8-5(9)1-3-7-4-2-6(10)11/h7H,1-4H2,(H,8,9)(H,10,11)/i1D2,2D2,3D2,4D2. The Kier molecular flexibility index (Phi) is 1.41. The van der Waals surface area contributed by atoms with Crippen LogP contribution in [0.3, 0.4) is 0 Å². The van der Waals surface area contributed by atoms with Crippen LogP contribution in [0, 0.1) is 0 Å². The molecule has 11 heavy (non-hydrogen) atoms. The minimum atomic E-state index is -3.60. The van der Waals surface area contributed by atoms with Crippen LogP contribution >= 0.6 is 0 Å². The maximum atomic E-state index is 10.5. The Hall–Kier alpha value is -1.10. The van der Waals surface area contributed by atoms with Crippen molar-refractivity contribution in [3.05, 3.63) is 0 Å². The summed E-state index contributed by atoms with van der Waals surface area (Å²) in [5.74, 6) is -4.51. The highest BCUT2D eigenvalue weighted by atomic mass is 16.4. The third-order valence-corrected chi connectivity index (χ3v) is 0.464. The number of nitrogens with one attached hydrogen (secondary N) is 1. The number of carboxylic acid groups (broad SMARTS) is 2. The Balaban J connectivity index is 5.45. The zero-order valence-electron chi connectivity index (χ0n) is 13.2. The Morgan fingerprint density at radius 2 is 1.55 bits per heavy atom. The van der Waals surface area contributed by atoms with Crippen molar-refractivity contribution in [3.63, 3.8) is 0 Å². The van der Waals surface area contributed by atoms with E-state index in [1.54, 1.807) is 0 Å². The van der Waals surface area contributed by atoms with E-state index in [0.29, 0.717) is 0 Å². The molecule has 0 saturated carbocycles. The number of hydrogen-bond acceptors (Lipinski definition) is 3. The molecule has 5 nitrogen and oxygen atoms in total. The predicted octanol–water partition coefficient (Wildman–Crippen LogP) is -0.475. The van der Waals surface area contributed by atoms with Crippen LogP contribution in [0.15, 0.2) is 0 Å². The van der Waals surface area contributed by atoms with E-state index in [4.69, 9.17) is 21.2 Å². The van der Waals surface area contributed by atoms with E-state index in [-0.39, 0.29) is 0 Å². The van der Waals surface area contributed by atoms with Crippen molar-refractivity contribution in [2.45, 2.75) is 12.7 Å². The second-order valence-electron chi connectivity index (χ2n) is 1.24. The van der Waals surface area contributed by atoms with Gasteiger partial charge in [0.15, 0.2) is 0 Å². The maximum absolute atomic E-state index is 10.5. The normalized spacial score (nSPS) is 25.5. The van der Waals surface area contributed by atoms with Gasteiger partial charge in [0.05, 0.1) is 12.7 Å². The van der Waals surface area contributed by atoms with Gasteiger partial charge in [-0.05, 0) is 0 Å². The molecule has 0 aliphatic carbocycles. The van der Waals surface area contributed by atoms with Gasteiger partial charge in [-0.1, -0.05) is 0 Å². The molecule has 3 N–H and O–H groups in total. The van der Waals surface area contributed by atoms with Crippen LogP contribution < -0.4 is 5.32 Å². The van der Waals surface area contributed by atoms with Gasteiger partial charge in [-0.3, -0.25) is 9.59 Å². The highest BCUT2D eigenvalue weighted by molar-refractivity contribution is 5.67. The molecule has 0 atom stereocenters. The molecule has 0 aliphatic rings. The van der Waals surface area contributed by atoms with Crippen LogP contribution in [0.4, 0.5) is 0 Å². The van der Waals surface area contributed by atoms with Gasteiger partial charge < -0.3 is 15.5 Å². The average Bonchev–Trinajstić information content (AvgIpc) is 2.14. The third-order valence-electron chi connectivity index (χ3n) is 0.464. The summed E-state index contributed by atoms with van der Waals surface area (Å²) in [5, 5.41) is 18.1. The average molecular weight is 169 g/mol. The topological polar surface area (TPSA) is 86.6 Å². The van der Waals surface area contributed by atoms with E-state index >= 15 is 0 Å². The van der Waals surface area contributed by atoms with Crippen molar-refractivity contribution in [1.29, 1.82) is 0 Å². The lowest BCUT2D eigenvalue weighted by Gasteiger charge is -1.98. The number of rotatable bonds is 6. The van der Waals surface area contributed by atoms with E-state index in [9.17, 15) is 9.59 Å². The Labute approximate surface area is 75.3 Å². The molecule has 0 aromatic carbocycles. The number of carboxylic acids is 2. The van der Waals surface area contributed by atoms with Gasteiger partial charge in [0.1, 0.15) is 0 Å². The predicted molar refractivity (Wildman–Crippen MR) is 37.4 cm³/mol. The summed E-state index contributed by atoms with van der Waals surface area (Å²) in [6.45, 7) is -7.10. The van der Waals surface area contributed by atoms with Crippen molar-refractivity contribution in [1.82, 2.24) is 5.32 Å². The summed E-state index contributed by atoms with van der Waals surface area (Å²) >= 11 is 0. The molecule has 0 aliphatic heterocycles. The molecule has 0 radical (unpaired) electrons. The van der Waals surface area contributed by atoms with Crippen LogP contribution in [-0.2, 0) is 9.59 Å². The molecule has 0 fully saturated rings. The zero-order valence-corrected chi connectivity index (χ0v) is 5.21. The molecule has 5 heteroatoms. The molecule has 0 spiro atoms. The molecular weight excluding hydrogens is 150 g/mol. The minimum Gasteiger partial charge on any atom is -0.481 e. The highest BCUT2D eigenvalue weighted by Crippen LogP contribution is 1.78. The maximum Gasteiger partial charge on any atom is 0.304 e. The quantitative estimate of drug-likeness (QED) is 0.500. The van der Waals surface area contributed by atoms with Crippen LogP contribution in [0.1, 0.15) is 23.7 Å². The van der Waals surface area contributed by atoms with Crippen molar-refractivity contribution >= 4 is 11.9 Å². The summed E-state index contributed by atoms with van der Waals surface area (Å²) in [6, 6.07) is 0. The van der Waals surface area contributed by atoms with Gasteiger partial charge in [0.25, 0.3) is 0 Å². The fourth-order valence-electron chi connectivity index (χ4n) is 0.201. The summed E-state index contributed by atoms with van der Waals surface area (Å²) in [5.41, 5.74) is 0. The summed E-state index contributed by atoms with van der Waals surface area (Å²) in [7, 11) is 0. The molecule has 0 rings (SSSR count). The second kappa shape index (κ2) is 5.67. The molecule has 0 unspecified atom stereocenters. The molecule has 0 bridgehead atoms. The number of carbonyl (C=O) groups is 2. The zero-order chi connectivity index (χ0) is 15.9.